The standard InChI is InChI=1S/C24H24N2O2/c1-2-7-21(8-3-1)27-17-6-18-28-22-13-11-20(12-14-22)15-16-26-19-25-23-9-4-5-10-24(23)26/h1-5,7-14,19H,6,15-18H2. The van der Waals surface area contributed by atoms with Crippen molar-refractivity contribution in [3.8, 4) is 11.5 Å². The summed E-state index contributed by atoms with van der Waals surface area (Å²) in [5.74, 6) is 1.80. The van der Waals surface area contributed by atoms with Crippen LogP contribution >= 0.6 is 0 Å². The van der Waals surface area contributed by atoms with Crippen molar-refractivity contribution in [2.45, 2.75) is 19.4 Å². The lowest BCUT2D eigenvalue weighted by Crippen LogP contribution is -2.05. The number of aromatic nitrogens is 2. The van der Waals surface area contributed by atoms with Crippen LogP contribution in [0.25, 0.3) is 11.0 Å². The number of benzene rings is 3. The van der Waals surface area contributed by atoms with Crippen LogP contribution in [0.1, 0.15) is 12.0 Å². The van der Waals surface area contributed by atoms with E-state index < -0.39 is 0 Å². The van der Waals surface area contributed by atoms with E-state index in [9.17, 15) is 0 Å². The molecule has 0 saturated heterocycles. The first-order chi connectivity index (χ1) is 13.9. The highest BCUT2D eigenvalue weighted by molar-refractivity contribution is 5.74. The minimum absolute atomic E-state index is 0.646. The Morgan fingerprint density at radius 3 is 2.18 bits per heavy atom. The van der Waals surface area contributed by atoms with Gasteiger partial charge in [-0.1, -0.05) is 42.5 Å². The maximum atomic E-state index is 5.81. The molecule has 0 N–H and O–H groups in total. The smallest absolute Gasteiger partial charge is 0.119 e. The average molecular weight is 372 g/mol. The third kappa shape index (κ3) is 4.71. The van der Waals surface area contributed by atoms with Crippen LogP contribution in [0.5, 0.6) is 11.5 Å². The van der Waals surface area contributed by atoms with Gasteiger partial charge in [0.2, 0.25) is 0 Å². The van der Waals surface area contributed by atoms with Crippen LogP contribution in [0, 0.1) is 0 Å². The van der Waals surface area contributed by atoms with Crippen LogP contribution < -0.4 is 9.47 Å². The maximum Gasteiger partial charge on any atom is 0.119 e. The molecule has 4 aromatic rings. The van der Waals surface area contributed by atoms with Gasteiger partial charge >= 0.3 is 0 Å². The minimum atomic E-state index is 0.646. The van der Waals surface area contributed by atoms with Crippen molar-refractivity contribution in [2.75, 3.05) is 13.2 Å². The largest absolute Gasteiger partial charge is 0.493 e. The Morgan fingerprint density at radius 2 is 1.39 bits per heavy atom. The van der Waals surface area contributed by atoms with E-state index in [1.807, 2.05) is 60.9 Å². The van der Waals surface area contributed by atoms with E-state index in [1.54, 1.807) is 0 Å². The molecule has 0 fully saturated rings. The average Bonchev–Trinajstić information content (AvgIpc) is 3.17. The Hall–Kier alpha value is -3.27. The third-order valence-corrected chi connectivity index (χ3v) is 4.66. The Labute approximate surface area is 165 Å². The molecule has 0 spiro atoms. The maximum absolute atomic E-state index is 5.81. The lowest BCUT2D eigenvalue weighted by Gasteiger charge is -2.09. The fourth-order valence-corrected chi connectivity index (χ4v) is 3.15. The number of nitrogens with zero attached hydrogens (tertiary/aromatic N) is 2. The predicted molar refractivity (Wildman–Crippen MR) is 112 cm³/mol. The van der Waals surface area contributed by atoms with Crippen LogP contribution in [0.4, 0.5) is 0 Å². The van der Waals surface area contributed by atoms with Gasteiger partial charge in [-0.05, 0) is 48.4 Å². The monoisotopic (exact) mass is 372 g/mol. The number of hydrogen-bond acceptors (Lipinski definition) is 3. The molecule has 0 aliphatic rings. The molecule has 4 rings (SSSR count). The molecule has 0 bridgehead atoms. The van der Waals surface area contributed by atoms with Crippen LogP contribution in [0.3, 0.4) is 0 Å². The molecule has 4 nitrogen and oxygen atoms in total. The zero-order valence-corrected chi connectivity index (χ0v) is 15.8. The molecule has 0 radical (unpaired) electrons. The van der Waals surface area contributed by atoms with E-state index in [2.05, 4.69) is 33.8 Å². The highest BCUT2D eigenvalue weighted by Crippen LogP contribution is 2.16. The molecule has 0 saturated carbocycles. The molecule has 142 valence electrons. The highest BCUT2D eigenvalue weighted by atomic mass is 16.5. The van der Waals surface area contributed by atoms with Gasteiger partial charge in [-0.2, -0.15) is 0 Å². The van der Waals surface area contributed by atoms with Gasteiger partial charge in [-0.25, -0.2) is 4.98 Å². The number of para-hydroxylation sites is 3. The van der Waals surface area contributed by atoms with Gasteiger partial charge in [-0.15, -0.1) is 0 Å². The van der Waals surface area contributed by atoms with Crippen LogP contribution in [-0.4, -0.2) is 22.8 Å². The summed E-state index contributed by atoms with van der Waals surface area (Å²) in [6, 6.07) is 26.4. The quantitative estimate of drug-likeness (QED) is 0.382. The molecule has 1 aromatic heterocycles. The molecule has 28 heavy (non-hydrogen) atoms. The van der Waals surface area contributed by atoms with Gasteiger partial charge in [0, 0.05) is 13.0 Å². The van der Waals surface area contributed by atoms with E-state index >= 15 is 0 Å². The molecule has 4 heteroatoms. The second kappa shape index (κ2) is 9.09. The number of ether oxygens (including phenoxy) is 2. The molecule has 3 aromatic carbocycles. The van der Waals surface area contributed by atoms with Crippen molar-refractivity contribution >= 4 is 11.0 Å². The normalized spacial score (nSPS) is 10.9. The Balaban J connectivity index is 1.20. The van der Waals surface area contributed by atoms with E-state index in [4.69, 9.17) is 9.47 Å². The third-order valence-electron chi connectivity index (χ3n) is 4.66. The summed E-state index contributed by atoms with van der Waals surface area (Å²) in [7, 11) is 0. The van der Waals surface area contributed by atoms with Gasteiger partial charge in [0.05, 0.1) is 30.6 Å². The summed E-state index contributed by atoms with van der Waals surface area (Å²) in [6.07, 6.45) is 3.73. The van der Waals surface area contributed by atoms with Crippen molar-refractivity contribution in [1.82, 2.24) is 9.55 Å². The minimum Gasteiger partial charge on any atom is -0.493 e. The SMILES string of the molecule is c1ccc(OCCCOc2ccc(CCn3cnc4ccccc43)cc2)cc1. The van der Waals surface area contributed by atoms with E-state index in [1.165, 1.54) is 11.1 Å². The zero-order chi connectivity index (χ0) is 19.0. The van der Waals surface area contributed by atoms with E-state index in [0.29, 0.717) is 13.2 Å². The number of hydrogen-bond donors (Lipinski definition) is 0. The number of fused-ring (bicyclic) bond motifs is 1. The first-order valence-electron chi connectivity index (χ1n) is 9.68. The summed E-state index contributed by atoms with van der Waals surface area (Å²) in [5.41, 5.74) is 3.51. The fraction of sp³-hybridized carbons (Fsp3) is 0.208. The topological polar surface area (TPSA) is 36.3 Å². The van der Waals surface area contributed by atoms with Crippen molar-refractivity contribution in [1.29, 1.82) is 0 Å². The molecular formula is C24H24N2O2. The second-order valence-corrected chi connectivity index (χ2v) is 6.68. The van der Waals surface area contributed by atoms with E-state index in [0.717, 1.165) is 36.4 Å². The van der Waals surface area contributed by atoms with Crippen LogP contribution in [0.2, 0.25) is 0 Å². The van der Waals surface area contributed by atoms with Gasteiger partial charge in [0.15, 0.2) is 0 Å². The molecule has 0 aliphatic heterocycles. The number of imidazole rings is 1. The van der Waals surface area contributed by atoms with Crippen molar-refractivity contribution in [2.24, 2.45) is 0 Å². The first kappa shape index (κ1) is 18.1. The molecular weight excluding hydrogens is 348 g/mol. The Kier molecular flexibility index (Phi) is 5.88. The summed E-state index contributed by atoms with van der Waals surface area (Å²) in [5, 5.41) is 0. The Morgan fingerprint density at radius 1 is 0.714 bits per heavy atom. The summed E-state index contributed by atoms with van der Waals surface area (Å²) in [4.78, 5) is 4.45. The van der Waals surface area contributed by atoms with E-state index in [-0.39, 0.29) is 0 Å². The molecule has 0 atom stereocenters. The molecule has 1 heterocycles. The van der Waals surface area contributed by atoms with Crippen molar-refractivity contribution in [3.05, 3.63) is 90.8 Å². The summed E-state index contributed by atoms with van der Waals surface area (Å²) < 4.78 is 13.7. The molecule has 0 unspecified atom stereocenters. The molecule has 0 amide bonds. The van der Waals surface area contributed by atoms with Crippen LogP contribution in [-0.2, 0) is 13.0 Å². The zero-order valence-electron chi connectivity index (χ0n) is 15.8. The van der Waals surface area contributed by atoms with Gasteiger partial charge < -0.3 is 14.0 Å². The molecule has 0 aliphatic carbocycles. The summed E-state index contributed by atoms with van der Waals surface area (Å²) in [6.45, 7) is 2.21. The number of aryl methyl sites for hydroxylation is 2. The van der Waals surface area contributed by atoms with Crippen molar-refractivity contribution in [3.63, 3.8) is 0 Å². The Bertz CT molecular complexity index is 994. The predicted octanol–water partition coefficient (Wildman–Crippen LogP) is 5.13. The van der Waals surface area contributed by atoms with Gasteiger partial charge in [0.25, 0.3) is 0 Å². The van der Waals surface area contributed by atoms with Crippen molar-refractivity contribution < 1.29 is 9.47 Å². The van der Waals surface area contributed by atoms with Crippen LogP contribution in [0.15, 0.2) is 85.2 Å². The second-order valence-electron chi connectivity index (χ2n) is 6.68. The number of rotatable bonds is 9. The highest BCUT2D eigenvalue weighted by Gasteiger charge is 2.02. The van der Waals surface area contributed by atoms with Gasteiger partial charge in [0.1, 0.15) is 11.5 Å². The fourth-order valence-electron chi connectivity index (χ4n) is 3.15. The summed E-state index contributed by atoms with van der Waals surface area (Å²) >= 11 is 0. The lowest BCUT2D eigenvalue weighted by molar-refractivity contribution is 0.247. The first-order valence-corrected chi connectivity index (χ1v) is 9.68. The van der Waals surface area contributed by atoms with Gasteiger partial charge in [-0.3, -0.25) is 0 Å². The lowest BCUT2D eigenvalue weighted by atomic mass is 10.1.